The minimum absolute atomic E-state index is 0.0136. The van der Waals surface area contributed by atoms with Crippen LogP contribution in [0.25, 0.3) is 5.69 Å². The van der Waals surface area contributed by atoms with Crippen molar-refractivity contribution in [1.29, 1.82) is 0 Å². The Labute approximate surface area is 224 Å². The average Bonchev–Trinajstić information content (AvgIpc) is 3.26. The van der Waals surface area contributed by atoms with Crippen molar-refractivity contribution in [1.82, 2.24) is 25.0 Å². The Balaban J connectivity index is 1.73. The van der Waals surface area contributed by atoms with Crippen LogP contribution in [0.4, 0.5) is 32.0 Å². The maximum Gasteiger partial charge on any atom is 0.416 e. The molecule has 2 aromatic carbocycles. The first-order valence-corrected chi connectivity index (χ1v) is 12.0. The second-order valence-electron chi connectivity index (χ2n) is 7.49. The van der Waals surface area contributed by atoms with E-state index >= 15 is 0 Å². The predicted octanol–water partition coefficient (Wildman–Crippen LogP) is 6.95. The zero-order chi connectivity index (χ0) is 27.7. The highest BCUT2D eigenvalue weighted by molar-refractivity contribution is 7.98. The van der Waals surface area contributed by atoms with Gasteiger partial charge in [-0.25, -0.2) is 14.6 Å². The largest absolute Gasteiger partial charge is 0.416 e. The average molecular weight is 593 g/mol. The van der Waals surface area contributed by atoms with Gasteiger partial charge in [0.25, 0.3) is 5.91 Å². The van der Waals surface area contributed by atoms with Gasteiger partial charge in [-0.1, -0.05) is 40.2 Å². The maximum absolute atomic E-state index is 13.2. The molecule has 16 heteroatoms. The molecule has 38 heavy (non-hydrogen) atoms. The summed E-state index contributed by atoms with van der Waals surface area (Å²) in [5.74, 6) is -1.11. The van der Waals surface area contributed by atoms with E-state index in [0.717, 1.165) is 11.8 Å². The Bertz CT molecular complexity index is 1430. The molecule has 0 saturated carbocycles. The van der Waals surface area contributed by atoms with Gasteiger partial charge in [-0.2, -0.15) is 26.3 Å². The predicted molar refractivity (Wildman–Crippen MR) is 127 cm³/mol. The van der Waals surface area contributed by atoms with E-state index in [9.17, 15) is 31.1 Å². The van der Waals surface area contributed by atoms with Gasteiger partial charge in [0.15, 0.2) is 10.9 Å². The lowest BCUT2D eigenvalue weighted by molar-refractivity contribution is -0.143. The fourth-order valence-corrected chi connectivity index (χ4v) is 4.50. The van der Waals surface area contributed by atoms with Gasteiger partial charge in [-0.15, -0.1) is 5.10 Å². The molecule has 0 saturated heterocycles. The third kappa shape index (κ3) is 6.55. The lowest BCUT2D eigenvalue weighted by Crippen LogP contribution is -2.17. The summed E-state index contributed by atoms with van der Waals surface area (Å²) in [6, 6.07) is 6.72. The highest BCUT2D eigenvalue weighted by Gasteiger charge is 2.37. The number of hydrogen-bond donors (Lipinski definition) is 1. The molecule has 0 aliphatic heterocycles. The summed E-state index contributed by atoms with van der Waals surface area (Å²) < 4.78 is 80.6. The molecule has 2 aromatic heterocycles. The van der Waals surface area contributed by atoms with Gasteiger partial charge in [0, 0.05) is 33.9 Å². The van der Waals surface area contributed by atoms with Crippen LogP contribution >= 0.6 is 35.0 Å². The summed E-state index contributed by atoms with van der Waals surface area (Å²) in [5, 5.41) is 10.6. The molecule has 0 bridgehead atoms. The third-order valence-corrected chi connectivity index (χ3v) is 6.12. The molecule has 2 heterocycles. The van der Waals surface area contributed by atoms with Crippen LogP contribution in [0.15, 0.2) is 60.0 Å². The highest BCUT2D eigenvalue weighted by atomic mass is 35.5. The third-order valence-electron chi connectivity index (χ3n) is 4.80. The normalized spacial score (nSPS) is 12.0. The van der Waals surface area contributed by atoms with Gasteiger partial charge in [0.1, 0.15) is 0 Å². The van der Waals surface area contributed by atoms with Crippen LogP contribution in [0.1, 0.15) is 27.3 Å². The van der Waals surface area contributed by atoms with Crippen LogP contribution in [-0.2, 0) is 18.1 Å². The van der Waals surface area contributed by atoms with E-state index in [4.69, 9.17) is 23.2 Å². The molecular weight excluding hydrogens is 581 g/mol. The molecule has 1 amide bonds. The minimum Gasteiger partial charge on any atom is -0.321 e. The van der Waals surface area contributed by atoms with E-state index < -0.39 is 35.1 Å². The molecule has 198 valence electrons. The van der Waals surface area contributed by atoms with Crippen LogP contribution in [-0.4, -0.2) is 30.9 Å². The van der Waals surface area contributed by atoms with Crippen molar-refractivity contribution in [3.63, 3.8) is 0 Å². The minimum atomic E-state index is -5.09. The lowest BCUT2D eigenvalue weighted by atomic mass is 10.1. The lowest BCUT2D eigenvalue weighted by Gasteiger charge is -2.14. The van der Waals surface area contributed by atoms with Gasteiger partial charge >= 0.3 is 12.4 Å². The van der Waals surface area contributed by atoms with Gasteiger partial charge in [-0.3, -0.25) is 4.79 Å². The maximum atomic E-state index is 13.2. The fourth-order valence-electron chi connectivity index (χ4n) is 3.19. The Morgan fingerprint density at radius 1 is 0.895 bits per heavy atom. The SMILES string of the molecule is O=C(Nc1cc(C(F)(F)F)cc(C(F)(F)F)c1)c1nnn(-c2cc(Cl)cc(Cl)c2)c1CSc1ncccn1. The number of rotatable bonds is 6. The summed E-state index contributed by atoms with van der Waals surface area (Å²) in [6.45, 7) is 0. The molecule has 7 nitrogen and oxygen atoms in total. The van der Waals surface area contributed by atoms with Crippen molar-refractivity contribution in [3.05, 3.63) is 87.4 Å². The van der Waals surface area contributed by atoms with Crippen molar-refractivity contribution in [2.24, 2.45) is 0 Å². The number of nitrogens with zero attached hydrogens (tertiary/aromatic N) is 5. The van der Waals surface area contributed by atoms with Gasteiger partial charge in [0.2, 0.25) is 0 Å². The molecule has 0 atom stereocenters. The molecule has 4 rings (SSSR count). The molecule has 0 aliphatic carbocycles. The second-order valence-corrected chi connectivity index (χ2v) is 9.31. The van der Waals surface area contributed by atoms with Gasteiger partial charge in [0.05, 0.1) is 22.5 Å². The first-order chi connectivity index (χ1) is 17.8. The molecule has 0 unspecified atom stereocenters. The van der Waals surface area contributed by atoms with Crippen LogP contribution in [0.5, 0.6) is 0 Å². The van der Waals surface area contributed by atoms with Gasteiger partial charge in [-0.05, 0) is 42.5 Å². The number of hydrogen-bond acceptors (Lipinski definition) is 6. The van der Waals surface area contributed by atoms with Crippen LogP contribution in [0.2, 0.25) is 10.0 Å². The monoisotopic (exact) mass is 592 g/mol. The van der Waals surface area contributed by atoms with Crippen molar-refractivity contribution in [2.45, 2.75) is 23.3 Å². The van der Waals surface area contributed by atoms with Crippen molar-refractivity contribution >= 4 is 46.6 Å². The molecular formula is C22H12Cl2F6N6OS. The van der Waals surface area contributed by atoms with E-state index in [1.54, 1.807) is 6.07 Å². The number of alkyl halides is 6. The Morgan fingerprint density at radius 3 is 2.03 bits per heavy atom. The second kappa shape index (κ2) is 10.8. The van der Waals surface area contributed by atoms with Crippen molar-refractivity contribution in [3.8, 4) is 5.69 Å². The number of anilines is 1. The smallest absolute Gasteiger partial charge is 0.321 e. The Kier molecular flexibility index (Phi) is 7.85. The topological polar surface area (TPSA) is 85.6 Å². The molecule has 4 aromatic rings. The number of aromatic nitrogens is 5. The van der Waals surface area contributed by atoms with Crippen molar-refractivity contribution < 1.29 is 31.1 Å². The first kappa shape index (κ1) is 27.7. The quantitative estimate of drug-likeness (QED) is 0.148. The standard InChI is InChI=1S/C22H12Cl2F6N6OS/c23-13-7-14(24)9-16(8-13)36-17(10-38-20-31-2-1-3-32-20)18(34-35-36)19(37)33-15-5-11(21(25,26)27)4-12(6-15)22(28,29)30/h1-9H,10H2,(H,33,37). The van der Waals surface area contributed by atoms with E-state index in [-0.39, 0.29) is 33.3 Å². The Hall–Kier alpha value is -3.36. The molecule has 0 radical (unpaired) electrons. The summed E-state index contributed by atoms with van der Waals surface area (Å²) in [7, 11) is 0. The van der Waals surface area contributed by atoms with Crippen molar-refractivity contribution in [2.75, 3.05) is 5.32 Å². The number of halogens is 8. The Morgan fingerprint density at radius 2 is 1.47 bits per heavy atom. The van der Waals surface area contributed by atoms with Gasteiger partial charge < -0.3 is 5.32 Å². The van der Waals surface area contributed by atoms with E-state index in [1.807, 2.05) is 0 Å². The number of carbonyl (C=O) groups excluding carboxylic acids is 1. The summed E-state index contributed by atoms with van der Waals surface area (Å²) >= 11 is 13.2. The van der Waals surface area contributed by atoms with Crippen LogP contribution in [0.3, 0.4) is 0 Å². The van der Waals surface area contributed by atoms with Crippen LogP contribution in [0, 0.1) is 0 Å². The van der Waals surface area contributed by atoms with E-state index in [0.29, 0.717) is 23.0 Å². The highest BCUT2D eigenvalue weighted by Crippen LogP contribution is 2.38. The number of carbonyl (C=O) groups is 1. The first-order valence-electron chi connectivity index (χ1n) is 10.2. The number of thioether (sulfide) groups is 1. The molecule has 1 N–H and O–H groups in total. The zero-order valence-electron chi connectivity index (χ0n) is 18.5. The zero-order valence-corrected chi connectivity index (χ0v) is 20.8. The summed E-state index contributed by atoms with van der Waals surface area (Å²) in [5.41, 5.74) is -3.84. The molecule has 0 fully saturated rings. The number of nitrogens with one attached hydrogen (secondary N) is 1. The fraction of sp³-hybridized carbons (Fsp3) is 0.136. The van der Waals surface area contributed by atoms with Crippen LogP contribution < -0.4 is 5.32 Å². The molecule has 0 aliphatic rings. The molecule has 0 spiro atoms. The van der Waals surface area contributed by atoms with E-state index in [1.165, 1.54) is 35.3 Å². The number of benzene rings is 2. The number of amides is 1. The summed E-state index contributed by atoms with van der Waals surface area (Å²) in [4.78, 5) is 21.2. The summed E-state index contributed by atoms with van der Waals surface area (Å²) in [6.07, 6.45) is -7.21. The van der Waals surface area contributed by atoms with E-state index in [2.05, 4.69) is 25.6 Å².